The Bertz CT molecular complexity index is 635. The van der Waals surface area contributed by atoms with Gasteiger partial charge in [0.1, 0.15) is 17.1 Å². The standard InChI is InChI=1S/C13H15N3O4/c1-7(2)5-11(13(18)19)14-12(17)8-3-4-9-10(6-8)16-20-15-9/h3-4,6-7,11H,5H2,1-2H3,(H,14,17)(H,18,19)/t11-/m0/s1. The van der Waals surface area contributed by atoms with E-state index in [-0.39, 0.29) is 5.92 Å². The summed E-state index contributed by atoms with van der Waals surface area (Å²) in [4.78, 5) is 23.2. The molecule has 0 saturated heterocycles. The van der Waals surface area contributed by atoms with Gasteiger partial charge >= 0.3 is 5.97 Å². The van der Waals surface area contributed by atoms with E-state index >= 15 is 0 Å². The highest BCUT2D eigenvalue weighted by Gasteiger charge is 2.22. The van der Waals surface area contributed by atoms with Crippen molar-refractivity contribution in [1.29, 1.82) is 0 Å². The normalized spacial score (nSPS) is 12.6. The second kappa shape index (κ2) is 5.68. The van der Waals surface area contributed by atoms with Crippen molar-refractivity contribution in [1.82, 2.24) is 15.6 Å². The summed E-state index contributed by atoms with van der Waals surface area (Å²) in [6.45, 7) is 3.80. The zero-order valence-electron chi connectivity index (χ0n) is 11.2. The molecule has 2 rings (SSSR count). The van der Waals surface area contributed by atoms with Gasteiger partial charge in [-0.2, -0.15) is 0 Å². The van der Waals surface area contributed by atoms with Gasteiger partial charge in [-0.15, -0.1) is 0 Å². The van der Waals surface area contributed by atoms with E-state index < -0.39 is 17.9 Å². The van der Waals surface area contributed by atoms with Gasteiger partial charge in [0.25, 0.3) is 5.91 Å². The number of aliphatic carboxylic acids is 1. The van der Waals surface area contributed by atoms with E-state index in [4.69, 9.17) is 5.11 Å². The third kappa shape index (κ3) is 3.11. The summed E-state index contributed by atoms with van der Waals surface area (Å²) in [5.41, 5.74) is 1.31. The van der Waals surface area contributed by atoms with Crippen LogP contribution >= 0.6 is 0 Å². The van der Waals surface area contributed by atoms with Gasteiger partial charge in [-0.3, -0.25) is 4.79 Å². The van der Waals surface area contributed by atoms with Crippen LogP contribution in [0.5, 0.6) is 0 Å². The SMILES string of the molecule is CC(C)C[C@H](NC(=O)c1ccc2nonc2c1)C(=O)O. The maximum absolute atomic E-state index is 12.1. The molecule has 7 heteroatoms. The van der Waals surface area contributed by atoms with E-state index in [0.717, 1.165) is 0 Å². The average Bonchev–Trinajstić information content (AvgIpc) is 2.84. The summed E-state index contributed by atoms with van der Waals surface area (Å²) >= 11 is 0. The van der Waals surface area contributed by atoms with Crippen molar-refractivity contribution in [2.75, 3.05) is 0 Å². The van der Waals surface area contributed by atoms with Crippen molar-refractivity contribution in [3.8, 4) is 0 Å². The van der Waals surface area contributed by atoms with Gasteiger partial charge in [0.05, 0.1) is 0 Å². The number of carboxylic acid groups (broad SMARTS) is 1. The fourth-order valence-electron chi connectivity index (χ4n) is 1.86. The van der Waals surface area contributed by atoms with Crippen LogP contribution in [0.4, 0.5) is 0 Å². The number of hydrogen-bond acceptors (Lipinski definition) is 5. The molecule has 0 aliphatic carbocycles. The van der Waals surface area contributed by atoms with Crippen LogP contribution in [0, 0.1) is 5.92 Å². The Morgan fingerprint density at radius 1 is 1.30 bits per heavy atom. The van der Waals surface area contributed by atoms with E-state index in [1.807, 2.05) is 13.8 Å². The lowest BCUT2D eigenvalue weighted by molar-refractivity contribution is -0.139. The number of nitrogens with one attached hydrogen (secondary N) is 1. The molecule has 1 atom stereocenters. The Morgan fingerprint density at radius 2 is 2.00 bits per heavy atom. The third-order valence-electron chi connectivity index (χ3n) is 2.83. The monoisotopic (exact) mass is 277 g/mol. The molecule has 106 valence electrons. The van der Waals surface area contributed by atoms with Crippen LogP contribution in [-0.2, 0) is 4.79 Å². The Hall–Kier alpha value is -2.44. The predicted molar refractivity (Wildman–Crippen MR) is 70.1 cm³/mol. The van der Waals surface area contributed by atoms with Gasteiger partial charge < -0.3 is 10.4 Å². The second-order valence-electron chi connectivity index (χ2n) is 4.96. The number of carbonyl (C=O) groups excluding carboxylic acids is 1. The van der Waals surface area contributed by atoms with Crippen molar-refractivity contribution in [3.05, 3.63) is 23.8 Å². The molecular formula is C13H15N3O4. The van der Waals surface area contributed by atoms with E-state index in [2.05, 4.69) is 20.3 Å². The Labute approximate surface area is 114 Å². The molecule has 0 saturated carbocycles. The molecule has 7 nitrogen and oxygen atoms in total. The minimum atomic E-state index is -1.05. The molecule has 20 heavy (non-hydrogen) atoms. The molecule has 1 aromatic heterocycles. The van der Waals surface area contributed by atoms with Gasteiger partial charge in [-0.1, -0.05) is 13.8 Å². The number of carboxylic acids is 1. The van der Waals surface area contributed by atoms with Gasteiger partial charge in [-0.05, 0) is 40.9 Å². The molecule has 0 aliphatic rings. The molecule has 0 bridgehead atoms. The molecule has 2 aromatic rings. The summed E-state index contributed by atoms with van der Waals surface area (Å²) in [7, 11) is 0. The minimum absolute atomic E-state index is 0.165. The highest BCUT2D eigenvalue weighted by atomic mass is 16.6. The molecule has 0 spiro atoms. The second-order valence-corrected chi connectivity index (χ2v) is 4.96. The van der Waals surface area contributed by atoms with E-state index in [9.17, 15) is 9.59 Å². The summed E-state index contributed by atoms with van der Waals surface area (Å²) < 4.78 is 4.55. The molecule has 1 amide bonds. The van der Waals surface area contributed by atoms with Crippen LogP contribution in [-0.4, -0.2) is 33.3 Å². The van der Waals surface area contributed by atoms with Crippen LogP contribution in [0.3, 0.4) is 0 Å². The molecule has 0 aliphatic heterocycles. The topological polar surface area (TPSA) is 105 Å². The highest BCUT2D eigenvalue weighted by molar-refractivity contribution is 5.98. The van der Waals surface area contributed by atoms with Crippen LogP contribution in [0.15, 0.2) is 22.8 Å². The van der Waals surface area contributed by atoms with Gasteiger partial charge in [0.15, 0.2) is 0 Å². The van der Waals surface area contributed by atoms with Crippen LogP contribution in [0.25, 0.3) is 11.0 Å². The summed E-state index contributed by atoms with van der Waals surface area (Å²) in [6, 6.07) is 3.75. The maximum Gasteiger partial charge on any atom is 0.326 e. The zero-order chi connectivity index (χ0) is 14.7. The van der Waals surface area contributed by atoms with Crippen LogP contribution in [0.2, 0.25) is 0 Å². The van der Waals surface area contributed by atoms with Crippen molar-refractivity contribution in [2.24, 2.45) is 5.92 Å². The molecule has 1 heterocycles. The lowest BCUT2D eigenvalue weighted by Crippen LogP contribution is -2.41. The smallest absolute Gasteiger partial charge is 0.326 e. The minimum Gasteiger partial charge on any atom is -0.480 e. The highest BCUT2D eigenvalue weighted by Crippen LogP contribution is 2.12. The first-order valence-corrected chi connectivity index (χ1v) is 6.23. The number of carbonyl (C=O) groups is 2. The lowest BCUT2D eigenvalue weighted by atomic mass is 10.0. The van der Waals surface area contributed by atoms with Crippen LogP contribution in [0.1, 0.15) is 30.6 Å². The largest absolute Gasteiger partial charge is 0.480 e. The van der Waals surface area contributed by atoms with Gasteiger partial charge in [0, 0.05) is 5.56 Å². The van der Waals surface area contributed by atoms with E-state index in [0.29, 0.717) is 23.0 Å². The lowest BCUT2D eigenvalue weighted by Gasteiger charge is -2.16. The molecule has 1 aromatic carbocycles. The Kier molecular flexibility index (Phi) is 3.97. The predicted octanol–water partition coefficient (Wildman–Crippen LogP) is 1.45. The molecule has 0 radical (unpaired) electrons. The number of nitrogens with zero attached hydrogens (tertiary/aromatic N) is 2. The van der Waals surface area contributed by atoms with Crippen molar-refractivity contribution >= 4 is 22.9 Å². The summed E-state index contributed by atoms with van der Waals surface area (Å²) in [6.07, 6.45) is 0.370. The Morgan fingerprint density at radius 3 is 2.65 bits per heavy atom. The number of amides is 1. The number of rotatable bonds is 5. The maximum atomic E-state index is 12.1. The van der Waals surface area contributed by atoms with Crippen molar-refractivity contribution < 1.29 is 19.3 Å². The molecule has 2 N–H and O–H groups in total. The first-order valence-electron chi connectivity index (χ1n) is 6.23. The van der Waals surface area contributed by atoms with Crippen LogP contribution < -0.4 is 5.32 Å². The van der Waals surface area contributed by atoms with Crippen molar-refractivity contribution in [2.45, 2.75) is 26.3 Å². The van der Waals surface area contributed by atoms with Crippen molar-refractivity contribution in [3.63, 3.8) is 0 Å². The fourth-order valence-corrected chi connectivity index (χ4v) is 1.86. The summed E-state index contributed by atoms with van der Waals surface area (Å²) in [5, 5.41) is 18.9. The van der Waals surface area contributed by atoms with Gasteiger partial charge in [-0.25, -0.2) is 9.42 Å². The number of benzene rings is 1. The molecule has 0 fully saturated rings. The first kappa shape index (κ1) is 14.0. The van der Waals surface area contributed by atoms with E-state index in [1.54, 1.807) is 12.1 Å². The number of hydrogen-bond donors (Lipinski definition) is 2. The third-order valence-corrected chi connectivity index (χ3v) is 2.83. The molecular weight excluding hydrogens is 262 g/mol. The zero-order valence-corrected chi connectivity index (χ0v) is 11.2. The fraction of sp³-hybridized carbons (Fsp3) is 0.385. The summed E-state index contributed by atoms with van der Waals surface area (Å²) in [5.74, 6) is -1.34. The number of fused-ring (bicyclic) bond motifs is 1. The first-order chi connectivity index (χ1) is 9.47. The van der Waals surface area contributed by atoms with Gasteiger partial charge in [0.2, 0.25) is 0 Å². The Balaban J connectivity index is 2.15. The average molecular weight is 277 g/mol. The van der Waals surface area contributed by atoms with E-state index in [1.165, 1.54) is 6.07 Å². The quantitative estimate of drug-likeness (QED) is 0.857. The molecule has 0 unspecified atom stereocenters. The number of aromatic nitrogens is 2.